The molecule has 0 aromatic carbocycles. The van der Waals surface area contributed by atoms with Gasteiger partial charge < -0.3 is 4.74 Å². The fourth-order valence-corrected chi connectivity index (χ4v) is 7.02. The van der Waals surface area contributed by atoms with Gasteiger partial charge in [-0.1, -0.05) is 27.2 Å². The smallest absolute Gasteiger partial charge is 0.312 e. The maximum atomic E-state index is 12.8. The second kappa shape index (κ2) is 6.65. The second-order valence-corrected chi connectivity index (χ2v) is 9.81. The third-order valence-electron chi connectivity index (χ3n) is 8.36. The summed E-state index contributed by atoms with van der Waals surface area (Å²) in [6, 6.07) is 0. The Balaban J connectivity index is 1.83. The summed E-state index contributed by atoms with van der Waals surface area (Å²) in [7, 11) is 0. The van der Waals surface area contributed by atoms with Crippen LogP contribution in [0.3, 0.4) is 0 Å². The third kappa shape index (κ3) is 2.82. The molecule has 3 unspecified atom stereocenters. The number of carbonyl (C=O) groups is 1. The number of carbonyl (C=O) groups excluding carboxylic acids is 1. The van der Waals surface area contributed by atoms with Gasteiger partial charge in [0.15, 0.2) is 0 Å². The van der Waals surface area contributed by atoms with E-state index >= 15 is 0 Å². The molecule has 0 spiro atoms. The molecule has 0 amide bonds. The summed E-state index contributed by atoms with van der Waals surface area (Å²) in [5.41, 5.74) is 0.105. The van der Waals surface area contributed by atoms with Crippen LogP contribution in [0, 0.1) is 40.4 Å². The van der Waals surface area contributed by atoms with Gasteiger partial charge >= 0.3 is 5.97 Å². The van der Waals surface area contributed by atoms with Gasteiger partial charge in [-0.15, -0.1) is 0 Å². The van der Waals surface area contributed by atoms with Gasteiger partial charge in [-0.2, -0.15) is 0 Å². The minimum absolute atomic E-state index is 0.0789. The summed E-state index contributed by atoms with van der Waals surface area (Å²) >= 11 is 0. The van der Waals surface area contributed by atoms with Crippen LogP contribution in [0.1, 0.15) is 86.0 Å². The largest absolute Gasteiger partial charge is 0.466 e. The van der Waals surface area contributed by atoms with Crippen LogP contribution in [0.5, 0.6) is 0 Å². The van der Waals surface area contributed by atoms with E-state index in [-0.39, 0.29) is 11.4 Å². The van der Waals surface area contributed by atoms with E-state index in [1.54, 1.807) is 0 Å². The molecule has 0 heterocycles. The van der Waals surface area contributed by atoms with Crippen LogP contribution in [0.4, 0.5) is 0 Å². The van der Waals surface area contributed by atoms with E-state index < -0.39 is 0 Å². The van der Waals surface area contributed by atoms with Crippen LogP contribution in [0.2, 0.25) is 0 Å². The third-order valence-corrected chi connectivity index (χ3v) is 8.36. The van der Waals surface area contributed by atoms with E-state index in [1.807, 2.05) is 6.92 Å². The van der Waals surface area contributed by atoms with Crippen molar-refractivity contribution < 1.29 is 9.53 Å². The monoisotopic (exact) mass is 334 g/mol. The van der Waals surface area contributed by atoms with Crippen molar-refractivity contribution in [3.05, 3.63) is 0 Å². The average molecular weight is 335 g/mol. The van der Waals surface area contributed by atoms with E-state index in [1.165, 1.54) is 44.9 Å². The molecular formula is C22H38O2. The number of hydrogen-bond acceptors (Lipinski definition) is 2. The molecule has 0 aromatic heterocycles. The molecule has 0 radical (unpaired) electrons. The van der Waals surface area contributed by atoms with Crippen LogP contribution in [-0.4, -0.2) is 12.6 Å². The molecule has 0 saturated heterocycles. The van der Waals surface area contributed by atoms with Crippen molar-refractivity contribution in [2.45, 2.75) is 86.0 Å². The van der Waals surface area contributed by atoms with Crippen molar-refractivity contribution in [2.75, 3.05) is 6.61 Å². The normalized spacial score (nSPS) is 45.4. The summed E-state index contributed by atoms with van der Waals surface area (Å²) in [6.07, 6.45) is 10.3. The molecule has 0 aromatic rings. The molecule has 2 nitrogen and oxygen atoms in total. The Bertz CT molecular complexity index is 471. The highest BCUT2D eigenvalue weighted by Gasteiger charge is 2.59. The Labute approximate surface area is 149 Å². The van der Waals surface area contributed by atoms with E-state index in [0.717, 1.165) is 30.1 Å². The zero-order chi connectivity index (χ0) is 17.5. The van der Waals surface area contributed by atoms with Crippen LogP contribution < -0.4 is 0 Å². The Morgan fingerprint density at radius 2 is 1.88 bits per heavy atom. The lowest BCUT2D eigenvalue weighted by Crippen LogP contribution is -2.56. The zero-order valence-electron chi connectivity index (χ0n) is 16.6. The lowest BCUT2D eigenvalue weighted by molar-refractivity contribution is -0.178. The number of fused-ring (bicyclic) bond motifs is 3. The first-order valence-corrected chi connectivity index (χ1v) is 10.5. The summed E-state index contributed by atoms with van der Waals surface area (Å²) in [6.45, 7) is 12.0. The maximum Gasteiger partial charge on any atom is 0.312 e. The van der Waals surface area contributed by atoms with Crippen LogP contribution in [-0.2, 0) is 9.53 Å². The molecule has 3 rings (SSSR count). The molecule has 3 saturated carbocycles. The number of ether oxygens (including phenoxy) is 1. The summed E-state index contributed by atoms with van der Waals surface area (Å²) in [5, 5.41) is 0. The van der Waals surface area contributed by atoms with Crippen LogP contribution in [0.25, 0.3) is 0 Å². The lowest BCUT2D eigenvalue weighted by atomic mass is 9.43. The molecule has 0 aliphatic heterocycles. The molecule has 6 atom stereocenters. The fraction of sp³-hybridized carbons (Fsp3) is 0.955. The second-order valence-electron chi connectivity index (χ2n) is 9.81. The standard InChI is InChI=1S/C22H38O2/c1-6-24-20(23)22(5)13-7-12-21(4)18-10-8-16(15(2)3)14-17(18)9-11-19(21)22/h15-19H,6-14H2,1-5H3/t16?,17?,18-,19?,21+,22+/m0/s1. The Hall–Kier alpha value is -0.530. The van der Waals surface area contributed by atoms with Crippen molar-refractivity contribution in [3.8, 4) is 0 Å². The Morgan fingerprint density at radius 3 is 2.54 bits per heavy atom. The minimum atomic E-state index is -0.247. The molecule has 3 fully saturated rings. The van der Waals surface area contributed by atoms with Gasteiger partial charge in [-0.05, 0) is 93.8 Å². The van der Waals surface area contributed by atoms with Crippen molar-refractivity contribution >= 4 is 5.97 Å². The maximum absolute atomic E-state index is 12.8. The molecule has 3 aliphatic rings. The quantitative estimate of drug-likeness (QED) is 0.606. The lowest BCUT2D eigenvalue weighted by Gasteiger charge is -2.61. The number of rotatable bonds is 3. The van der Waals surface area contributed by atoms with E-state index in [0.29, 0.717) is 17.9 Å². The van der Waals surface area contributed by atoms with Crippen molar-refractivity contribution in [3.63, 3.8) is 0 Å². The van der Waals surface area contributed by atoms with Gasteiger partial charge in [-0.3, -0.25) is 4.79 Å². The summed E-state index contributed by atoms with van der Waals surface area (Å²) < 4.78 is 5.52. The highest BCUT2D eigenvalue weighted by molar-refractivity contribution is 5.77. The highest BCUT2D eigenvalue weighted by Crippen LogP contribution is 2.64. The molecule has 3 aliphatic carbocycles. The van der Waals surface area contributed by atoms with E-state index in [4.69, 9.17) is 4.74 Å². The minimum Gasteiger partial charge on any atom is -0.466 e. The van der Waals surface area contributed by atoms with Gasteiger partial charge in [-0.25, -0.2) is 0 Å². The highest BCUT2D eigenvalue weighted by atomic mass is 16.5. The summed E-state index contributed by atoms with van der Waals surface area (Å²) in [4.78, 5) is 12.8. The molecule has 2 heteroatoms. The molecule has 0 bridgehead atoms. The van der Waals surface area contributed by atoms with Crippen LogP contribution >= 0.6 is 0 Å². The van der Waals surface area contributed by atoms with E-state index in [2.05, 4.69) is 27.7 Å². The first-order chi connectivity index (χ1) is 11.3. The van der Waals surface area contributed by atoms with Gasteiger partial charge in [0.2, 0.25) is 0 Å². The molecular weight excluding hydrogens is 296 g/mol. The Kier molecular flexibility index (Phi) is 5.06. The first-order valence-electron chi connectivity index (χ1n) is 10.5. The Morgan fingerprint density at radius 1 is 1.12 bits per heavy atom. The molecule has 138 valence electrons. The summed E-state index contributed by atoms with van der Waals surface area (Å²) in [5.74, 6) is 4.08. The SMILES string of the molecule is CCOC(=O)[C@]1(C)CCC[C@@]2(C)C1CCC1CC(C(C)C)CC[C@@H]12. The van der Waals surface area contributed by atoms with Crippen molar-refractivity contribution in [1.82, 2.24) is 0 Å². The van der Waals surface area contributed by atoms with Crippen molar-refractivity contribution in [2.24, 2.45) is 40.4 Å². The van der Waals surface area contributed by atoms with Gasteiger partial charge in [0.25, 0.3) is 0 Å². The fourth-order valence-electron chi connectivity index (χ4n) is 7.02. The average Bonchev–Trinajstić information content (AvgIpc) is 2.54. The number of hydrogen-bond donors (Lipinski definition) is 0. The molecule has 24 heavy (non-hydrogen) atoms. The zero-order valence-corrected chi connectivity index (χ0v) is 16.6. The van der Waals surface area contributed by atoms with Crippen molar-refractivity contribution in [1.29, 1.82) is 0 Å². The van der Waals surface area contributed by atoms with Gasteiger partial charge in [0.1, 0.15) is 0 Å². The van der Waals surface area contributed by atoms with Gasteiger partial charge in [0.05, 0.1) is 12.0 Å². The van der Waals surface area contributed by atoms with Gasteiger partial charge in [0, 0.05) is 0 Å². The first kappa shape index (κ1) is 18.3. The van der Waals surface area contributed by atoms with E-state index in [9.17, 15) is 4.79 Å². The number of esters is 1. The molecule has 0 N–H and O–H groups in total. The topological polar surface area (TPSA) is 26.3 Å². The predicted octanol–water partition coefficient (Wildman–Crippen LogP) is 5.84. The predicted molar refractivity (Wildman–Crippen MR) is 98.6 cm³/mol. The van der Waals surface area contributed by atoms with Crippen LogP contribution in [0.15, 0.2) is 0 Å².